The van der Waals surface area contributed by atoms with Crippen LogP contribution in [0.4, 0.5) is 0 Å². The molecule has 0 amide bonds. The van der Waals surface area contributed by atoms with Crippen LogP contribution in [0.3, 0.4) is 0 Å². The van der Waals surface area contributed by atoms with Gasteiger partial charge in [-0.25, -0.2) is 0 Å². The average Bonchev–Trinajstić information content (AvgIpc) is 3.55. The van der Waals surface area contributed by atoms with Crippen molar-refractivity contribution in [3.63, 3.8) is 0 Å². The van der Waals surface area contributed by atoms with Crippen LogP contribution in [-0.4, -0.2) is 42.0 Å². The molecule has 1 atom stereocenters. The van der Waals surface area contributed by atoms with Gasteiger partial charge in [0.2, 0.25) is 5.82 Å². The maximum Gasteiger partial charge on any atom is 0.326 e. The normalized spacial score (nSPS) is 20.2. The van der Waals surface area contributed by atoms with Crippen LogP contribution in [0.15, 0.2) is 71.3 Å². The Hall–Kier alpha value is -3.55. The van der Waals surface area contributed by atoms with Gasteiger partial charge in [-0.1, -0.05) is 72.8 Å². The summed E-state index contributed by atoms with van der Waals surface area (Å²) in [7, 11) is 1.73. The molecule has 1 fully saturated rings. The number of aromatic nitrogens is 2. The predicted octanol–water partition coefficient (Wildman–Crippen LogP) is 5.45. The summed E-state index contributed by atoms with van der Waals surface area (Å²) in [5.41, 5.74) is 4.55. The first-order chi connectivity index (χ1) is 18.0. The number of rotatable bonds is 10. The molecule has 0 radical (unpaired) electrons. The number of nitrogens with one attached hydrogen (secondary N) is 1. The maximum atomic E-state index is 12.2. The van der Waals surface area contributed by atoms with Gasteiger partial charge >= 0.3 is 5.97 Å². The summed E-state index contributed by atoms with van der Waals surface area (Å²) in [6, 6.07) is 18.4. The zero-order valence-electron chi connectivity index (χ0n) is 21.6. The summed E-state index contributed by atoms with van der Waals surface area (Å²) >= 11 is 0. The highest BCUT2D eigenvalue weighted by atomic mass is 16.5. The molecular weight excluding hydrogens is 466 g/mol. The van der Waals surface area contributed by atoms with Gasteiger partial charge in [0.15, 0.2) is 0 Å². The van der Waals surface area contributed by atoms with Gasteiger partial charge in [-0.05, 0) is 49.0 Å². The highest BCUT2D eigenvalue weighted by Gasteiger charge is 2.50. The maximum absolute atomic E-state index is 12.2. The minimum Gasteiger partial charge on any atom is -0.465 e. The monoisotopic (exact) mass is 499 g/mol. The predicted molar refractivity (Wildman–Crippen MR) is 142 cm³/mol. The molecule has 1 unspecified atom stereocenters. The van der Waals surface area contributed by atoms with E-state index in [0.29, 0.717) is 31.5 Å². The van der Waals surface area contributed by atoms with E-state index in [1.54, 1.807) is 7.11 Å². The van der Waals surface area contributed by atoms with Crippen molar-refractivity contribution in [1.82, 2.24) is 15.5 Å². The van der Waals surface area contributed by atoms with Crippen molar-refractivity contribution in [3.05, 3.63) is 83.8 Å². The molecule has 192 valence electrons. The van der Waals surface area contributed by atoms with Crippen LogP contribution in [0.1, 0.15) is 50.1 Å². The van der Waals surface area contributed by atoms with Crippen molar-refractivity contribution in [2.24, 2.45) is 5.41 Å². The standard InChI is InChI=1S/C30H33N3O4/c1-4-36-28(34)30(15-16-30)31-19-21-9-8-12-23(17-21)26-32-27(37-33-26)24-13-14-25(22-10-6-5-7-11-22)29(2,18-24)20-35-3/h5-14,17,31H,4,15-16,18-20H2,1-3H3. The molecule has 2 aliphatic carbocycles. The molecule has 7 nitrogen and oxygen atoms in total. The first-order valence-electron chi connectivity index (χ1n) is 12.8. The van der Waals surface area contributed by atoms with E-state index in [1.807, 2.05) is 37.3 Å². The number of nitrogens with zero attached hydrogens (tertiary/aromatic N) is 2. The third-order valence-corrected chi connectivity index (χ3v) is 7.16. The summed E-state index contributed by atoms with van der Waals surface area (Å²) in [6.07, 6.45) is 6.54. The van der Waals surface area contributed by atoms with Gasteiger partial charge in [-0.3, -0.25) is 10.1 Å². The largest absolute Gasteiger partial charge is 0.465 e. The summed E-state index contributed by atoms with van der Waals surface area (Å²) in [4.78, 5) is 17.0. The number of carbonyl (C=O) groups is 1. The Kier molecular flexibility index (Phi) is 7.09. The quantitative estimate of drug-likeness (QED) is 0.372. The van der Waals surface area contributed by atoms with E-state index in [4.69, 9.17) is 19.0 Å². The third-order valence-electron chi connectivity index (χ3n) is 7.16. The lowest BCUT2D eigenvalue weighted by Crippen LogP contribution is -2.40. The van der Waals surface area contributed by atoms with Gasteiger partial charge in [-0.15, -0.1) is 0 Å². The topological polar surface area (TPSA) is 86.5 Å². The molecule has 0 spiro atoms. The van der Waals surface area contributed by atoms with E-state index in [1.165, 1.54) is 11.1 Å². The molecule has 0 bridgehead atoms. The summed E-state index contributed by atoms with van der Waals surface area (Å²) < 4.78 is 16.6. The van der Waals surface area contributed by atoms with Crippen molar-refractivity contribution in [1.29, 1.82) is 0 Å². The second-order valence-corrected chi connectivity index (χ2v) is 10.1. The van der Waals surface area contributed by atoms with Gasteiger partial charge in [0.05, 0.1) is 13.2 Å². The molecule has 2 aliphatic rings. The fourth-order valence-corrected chi connectivity index (χ4v) is 5.03. The van der Waals surface area contributed by atoms with Gasteiger partial charge in [-0.2, -0.15) is 4.98 Å². The highest BCUT2D eigenvalue weighted by molar-refractivity contribution is 5.84. The van der Waals surface area contributed by atoms with Gasteiger partial charge in [0, 0.05) is 30.2 Å². The summed E-state index contributed by atoms with van der Waals surface area (Å²) in [5.74, 6) is 0.888. The summed E-state index contributed by atoms with van der Waals surface area (Å²) in [5, 5.41) is 7.65. The molecule has 0 saturated heterocycles. The Morgan fingerprint density at radius 2 is 1.86 bits per heavy atom. The number of benzene rings is 2. The van der Waals surface area contributed by atoms with Crippen molar-refractivity contribution < 1.29 is 18.8 Å². The molecule has 7 heteroatoms. The Labute approximate surface area is 217 Å². The first kappa shape index (κ1) is 25.1. The number of ether oxygens (including phenoxy) is 2. The van der Waals surface area contributed by atoms with Crippen molar-refractivity contribution in [3.8, 4) is 11.4 Å². The minimum absolute atomic E-state index is 0.167. The second kappa shape index (κ2) is 10.4. The smallest absolute Gasteiger partial charge is 0.326 e. The van der Waals surface area contributed by atoms with Crippen LogP contribution in [0.2, 0.25) is 0 Å². The van der Waals surface area contributed by atoms with Crippen molar-refractivity contribution >= 4 is 17.1 Å². The zero-order chi connectivity index (χ0) is 25.9. The van der Waals surface area contributed by atoms with E-state index in [0.717, 1.165) is 36.0 Å². The van der Waals surface area contributed by atoms with Gasteiger partial charge < -0.3 is 14.0 Å². The second-order valence-electron chi connectivity index (χ2n) is 10.1. The molecule has 1 heterocycles. The average molecular weight is 500 g/mol. The molecular formula is C30H33N3O4. The highest BCUT2D eigenvalue weighted by Crippen LogP contribution is 2.45. The Balaban J connectivity index is 1.34. The first-order valence-corrected chi connectivity index (χ1v) is 12.8. The van der Waals surface area contributed by atoms with Crippen LogP contribution < -0.4 is 5.32 Å². The molecule has 0 aliphatic heterocycles. The van der Waals surface area contributed by atoms with Gasteiger partial charge in [0.25, 0.3) is 5.89 Å². The molecule has 37 heavy (non-hydrogen) atoms. The Morgan fingerprint density at radius 1 is 1.08 bits per heavy atom. The lowest BCUT2D eigenvalue weighted by atomic mass is 9.71. The lowest BCUT2D eigenvalue weighted by Gasteiger charge is -2.34. The van der Waals surface area contributed by atoms with E-state index < -0.39 is 5.54 Å². The molecule has 2 aromatic carbocycles. The zero-order valence-corrected chi connectivity index (χ0v) is 21.6. The van der Waals surface area contributed by atoms with Crippen molar-refractivity contribution in [2.75, 3.05) is 20.3 Å². The molecule has 1 aromatic heterocycles. The molecule has 1 N–H and O–H groups in total. The molecule has 5 rings (SSSR count). The number of hydrogen-bond donors (Lipinski definition) is 1. The number of hydrogen-bond acceptors (Lipinski definition) is 7. The number of esters is 1. The fraction of sp³-hybridized carbons (Fsp3) is 0.367. The molecule has 1 saturated carbocycles. The number of methoxy groups -OCH3 is 1. The van der Waals surface area contributed by atoms with Crippen LogP contribution >= 0.6 is 0 Å². The van der Waals surface area contributed by atoms with Crippen LogP contribution in [-0.2, 0) is 20.8 Å². The van der Waals surface area contributed by atoms with E-state index in [2.05, 4.69) is 53.8 Å². The Morgan fingerprint density at radius 3 is 2.59 bits per heavy atom. The number of carbonyl (C=O) groups excluding carboxylic acids is 1. The molecule has 3 aromatic rings. The van der Waals surface area contributed by atoms with Crippen molar-refractivity contribution in [2.45, 2.75) is 45.2 Å². The van der Waals surface area contributed by atoms with E-state index in [-0.39, 0.29) is 11.4 Å². The third kappa shape index (κ3) is 5.29. The van der Waals surface area contributed by atoms with Crippen LogP contribution in [0.5, 0.6) is 0 Å². The Bertz CT molecular complexity index is 1320. The minimum atomic E-state index is -0.542. The van der Waals surface area contributed by atoms with Gasteiger partial charge in [0.1, 0.15) is 5.54 Å². The van der Waals surface area contributed by atoms with E-state index >= 15 is 0 Å². The lowest BCUT2D eigenvalue weighted by molar-refractivity contribution is -0.147. The summed E-state index contributed by atoms with van der Waals surface area (Å²) in [6.45, 7) is 5.57. The number of allylic oxidation sites excluding steroid dienone is 3. The van der Waals surface area contributed by atoms with E-state index in [9.17, 15) is 4.79 Å². The van der Waals surface area contributed by atoms with Crippen LogP contribution in [0.25, 0.3) is 22.5 Å². The fourth-order valence-electron chi connectivity index (χ4n) is 5.03. The van der Waals surface area contributed by atoms with Crippen LogP contribution in [0, 0.1) is 5.41 Å². The SMILES string of the molecule is CCOC(=O)C1(NCc2cccc(-c3noc(C4=CC=C(c5ccccc5)C(C)(COC)C4)n3)c2)CC1.